The summed E-state index contributed by atoms with van der Waals surface area (Å²) in [4.78, 5) is 10.5. The van der Waals surface area contributed by atoms with Gasteiger partial charge in [-0.25, -0.2) is 4.79 Å². The third kappa shape index (κ3) is 1.00. The second kappa shape index (κ2) is 2.67. The summed E-state index contributed by atoms with van der Waals surface area (Å²) in [6, 6.07) is 0. The van der Waals surface area contributed by atoms with Gasteiger partial charge in [-0.1, -0.05) is 0 Å². The van der Waals surface area contributed by atoms with Crippen LogP contribution in [0.4, 0.5) is 0 Å². The molecule has 0 saturated carbocycles. The number of aliphatic carboxylic acids is 1. The first-order valence-corrected chi connectivity index (χ1v) is 3.38. The Kier molecular flexibility index (Phi) is 2.09. The summed E-state index contributed by atoms with van der Waals surface area (Å²) in [6.07, 6.45) is -4.61. The first kappa shape index (κ1) is 9.40. The highest BCUT2D eigenvalue weighted by Crippen LogP contribution is 2.29. The minimum Gasteiger partial charge on any atom is -0.479 e. The number of carboxylic acids is 1. The van der Waals surface area contributed by atoms with Crippen LogP contribution in [0.3, 0.4) is 0 Å². The molecule has 6 heteroatoms. The Bertz CT molecular complexity index is 204. The molecule has 1 saturated heterocycles. The number of rotatable bonds is 1. The molecule has 1 heterocycles. The highest BCUT2D eigenvalue weighted by Gasteiger charge is 2.58. The molecule has 1 unspecified atom stereocenters. The summed E-state index contributed by atoms with van der Waals surface area (Å²) in [5, 5.41) is 35.8. The average molecular weight is 178 g/mol. The Balaban J connectivity index is 2.95. The molecule has 1 fully saturated rings. The Labute approximate surface area is 68.0 Å². The van der Waals surface area contributed by atoms with Gasteiger partial charge in [0.1, 0.15) is 12.2 Å². The molecule has 1 aliphatic heterocycles. The fourth-order valence-corrected chi connectivity index (χ4v) is 1.15. The van der Waals surface area contributed by atoms with Gasteiger partial charge in [-0.15, -0.1) is 0 Å². The third-order valence-corrected chi connectivity index (χ3v) is 2.03. The van der Waals surface area contributed by atoms with Gasteiger partial charge in [0.2, 0.25) is 5.60 Å². The van der Waals surface area contributed by atoms with Crippen LogP contribution in [0.2, 0.25) is 0 Å². The summed E-state index contributed by atoms with van der Waals surface area (Å²) in [7, 11) is 0. The zero-order chi connectivity index (χ0) is 9.52. The molecule has 6 nitrogen and oxygen atoms in total. The van der Waals surface area contributed by atoms with Crippen molar-refractivity contribution < 1.29 is 30.0 Å². The molecule has 0 radical (unpaired) electrons. The minimum atomic E-state index is -2.42. The van der Waals surface area contributed by atoms with Crippen LogP contribution in [0.15, 0.2) is 0 Å². The molecule has 4 atom stereocenters. The molecule has 0 amide bonds. The Morgan fingerprint density at radius 1 is 1.50 bits per heavy atom. The molecule has 0 spiro atoms. The molecular weight excluding hydrogens is 168 g/mol. The first-order chi connectivity index (χ1) is 5.40. The SMILES string of the molecule is C[C@@H]1OC(O)[C@@H](O)[C@@]1(O)C(=O)O. The van der Waals surface area contributed by atoms with Crippen molar-refractivity contribution in [2.45, 2.75) is 31.0 Å². The van der Waals surface area contributed by atoms with Gasteiger partial charge < -0.3 is 25.2 Å². The quantitative estimate of drug-likeness (QED) is 0.366. The second-order valence-corrected chi connectivity index (χ2v) is 2.74. The molecule has 0 aromatic heterocycles. The molecule has 0 bridgehead atoms. The highest BCUT2D eigenvalue weighted by molar-refractivity contribution is 5.79. The van der Waals surface area contributed by atoms with Crippen LogP contribution in [-0.2, 0) is 9.53 Å². The lowest BCUT2D eigenvalue weighted by molar-refractivity contribution is -0.172. The van der Waals surface area contributed by atoms with Crippen LogP contribution >= 0.6 is 0 Å². The predicted molar refractivity (Wildman–Crippen MR) is 35.1 cm³/mol. The molecule has 4 N–H and O–H groups in total. The Morgan fingerprint density at radius 2 is 2.00 bits per heavy atom. The first-order valence-electron chi connectivity index (χ1n) is 3.38. The van der Waals surface area contributed by atoms with Crippen LogP contribution in [0.25, 0.3) is 0 Å². The molecule has 1 aliphatic rings. The van der Waals surface area contributed by atoms with E-state index in [-0.39, 0.29) is 0 Å². The van der Waals surface area contributed by atoms with Gasteiger partial charge in [-0.2, -0.15) is 0 Å². The monoisotopic (exact) mass is 178 g/mol. The van der Waals surface area contributed by atoms with Gasteiger partial charge in [0, 0.05) is 0 Å². The van der Waals surface area contributed by atoms with Gasteiger partial charge >= 0.3 is 5.97 Å². The maximum atomic E-state index is 10.5. The topological polar surface area (TPSA) is 107 Å². The van der Waals surface area contributed by atoms with Crippen molar-refractivity contribution in [1.82, 2.24) is 0 Å². The Morgan fingerprint density at radius 3 is 2.17 bits per heavy atom. The second-order valence-electron chi connectivity index (χ2n) is 2.74. The predicted octanol–water partition coefficient (Wildman–Crippen LogP) is -2.10. The normalized spacial score (nSPS) is 47.8. The molecule has 0 aliphatic carbocycles. The number of aliphatic hydroxyl groups is 3. The fraction of sp³-hybridized carbons (Fsp3) is 0.833. The largest absolute Gasteiger partial charge is 0.479 e. The van der Waals surface area contributed by atoms with E-state index in [1.165, 1.54) is 6.92 Å². The van der Waals surface area contributed by atoms with Gasteiger partial charge in [-0.3, -0.25) is 0 Å². The van der Waals surface area contributed by atoms with Gasteiger partial charge in [0.15, 0.2) is 6.29 Å². The summed E-state index contributed by atoms with van der Waals surface area (Å²) in [6.45, 7) is 1.26. The van der Waals surface area contributed by atoms with Crippen molar-refractivity contribution in [3.05, 3.63) is 0 Å². The van der Waals surface area contributed by atoms with E-state index in [1.807, 2.05) is 0 Å². The maximum Gasteiger partial charge on any atom is 0.341 e. The van der Waals surface area contributed by atoms with Crippen LogP contribution in [0, 0.1) is 0 Å². The zero-order valence-corrected chi connectivity index (χ0v) is 6.34. The van der Waals surface area contributed by atoms with Crippen LogP contribution < -0.4 is 0 Å². The number of carboxylic acid groups (broad SMARTS) is 1. The number of hydrogen-bond donors (Lipinski definition) is 4. The summed E-state index contributed by atoms with van der Waals surface area (Å²) < 4.78 is 4.53. The smallest absolute Gasteiger partial charge is 0.341 e. The van der Waals surface area contributed by atoms with Crippen molar-refractivity contribution in [3.63, 3.8) is 0 Å². The van der Waals surface area contributed by atoms with Crippen molar-refractivity contribution >= 4 is 5.97 Å². The van der Waals surface area contributed by atoms with Gasteiger partial charge in [0.25, 0.3) is 0 Å². The van der Waals surface area contributed by atoms with Crippen molar-refractivity contribution in [1.29, 1.82) is 0 Å². The standard InChI is InChI=1S/C6H10O6/c1-2-6(11,5(9)10)3(7)4(8)12-2/h2-4,7-8,11H,1H3,(H,9,10)/t2-,3+,4?,6+/m0/s1. The number of ether oxygens (including phenoxy) is 1. The summed E-state index contributed by atoms with van der Waals surface area (Å²) in [5.74, 6) is -1.61. The highest BCUT2D eigenvalue weighted by atomic mass is 16.6. The number of aliphatic hydroxyl groups excluding tert-OH is 2. The van der Waals surface area contributed by atoms with Gasteiger partial charge in [-0.05, 0) is 6.92 Å². The maximum absolute atomic E-state index is 10.5. The lowest BCUT2D eigenvalue weighted by Crippen LogP contribution is -2.53. The Hall–Kier alpha value is -0.690. The molecule has 70 valence electrons. The van der Waals surface area contributed by atoms with E-state index in [2.05, 4.69) is 4.74 Å². The van der Waals surface area contributed by atoms with Crippen molar-refractivity contribution in [2.24, 2.45) is 0 Å². The molecule has 0 aromatic carbocycles. The van der Waals surface area contributed by atoms with Crippen molar-refractivity contribution in [2.75, 3.05) is 0 Å². The molecule has 12 heavy (non-hydrogen) atoms. The minimum absolute atomic E-state index is 1.14. The van der Waals surface area contributed by atoms with E-state index >= 15 is 0 Å². The van der Waals surface area contributed by atoms with Crippen LogP contribution in [0.1, 0.15) is 6.92 Å². The van der Waals surface area contributed by atoms with Gasteiger partial charge in [0.05, 0.1) is 0 Å². The molecular formula is C6H10O6. The van der Waals surface area contributed by atoms with E-state index in [1.54, 1.807) is 0 Å². The third-order valence-electron chi connectivity index (χ3n) is 2.03. The zero-order valence-electron chi connectivity index (χ0n) is 6.34. The van der Waals surface area contributed by atoms with E-state index in [0.29, 0.717) is 0 Å². The summed E-state index contributed by atoms with van der Waals surface area (Å²) in [5.41, 5.74) is -2.42. The fourth-order valence-electron chi connectivity index (χ4n) is 1.15. The van der Waals surface area contributed by atoms with E-state index in [4.69, 9.17) is 15.3 Å². The van der Waals surface area contributed by atoms with Crippen LogP contribution in [-0.4, -0.2) is 50.5 Å². The van der Waals surface area contributed by atoms with E-state index < -0.39 is 30.1 Å². The molecule has 1 rings (SSSR count). The number of carbonyl (C=O) groups is 1. The van der Waals surface area contributed by atoms with Crippen molar-refractivity contribution in [3.8, 4) is 0 Å². The lowest BCUT2D eigenvalue weighted by atomic mass is 9.94. The van der Waals surface area contributed by atoms with E-state index in [0.717, 1.165) is 0 Å². The summed E-state index contributed by atoms with van der Waals surface area (Å²) >= 11 is 0. The van der Waals surface area contributed by atoms with E-state index in [9.17, 15) is 9.90 Å². The average Bonchev–Trinajstić information content (AvgIpc) is 2.16. The number of hydrogen-bond acceptors (Lipinski definition) is 5. The lowest BCUT2D eigenvalue weighted by Gasteiger charge is -2.23. The van der Waals surface area contributed by atoms with Crippen LogP contribution in [0.5, 0.6) is 0 Å². The molecule has 0 aromatic rings.